The highest BCUT2D eigenvalue weighted by molar-refractivity contribution is 5.51. The van der Waals surface area contributed by atoms with Crippen LogP contribution in [0.15, 0.2) is 12.4 Å². The lowest BCUT2D eigenvalue weighted by molar-refractivity contribution is 0.549. The van der Waals surface area contributed by atoms with Crippen LogP contribution >= 0.6 is 0 Å². The molecule has 1 unspecified atom stereocenters. The number of aromatic nitrogens is 2. The van der Waals surface area contributed by atoms with E-state index in [0.29, 0.717) is 0 Å². The molecule has 1 N–H and O–H groups in total. The number of rotatable bonds is 4. The first-order valence-corrected chi connectivity index (χ1v) is 7.33. The van der Waals surface area contributed by atoms with E-state index in [4.69, 9.17) is 0 Å². The summed E-state index contributed by atoms with van der Waals surface area (Å²) in [5.74, 6) is 2.94. The first-order valence-electron chi connectivity index (χ1n) is 7.33. The third kappa shape index (κ3) is 2.81. The normalized spacial score (nSPS) is 23.3. The number of hydrogen-bond acceptors (Lipinski definition) is 5. The maximum Gasteiger partial charge on any atom is 0.134 e. The summed E-state index contributed by atoms with van der Waals surface area (Å²) < 4.78 is 0. The molecule has 2 aliphatic rings. The van der Waals surface area contributed by atoms with E-state index >= 15 is 0 Å². The Morgan fingerprint density at radius 1 is 1.16 bits per heavy atom. The molecule has 0 aromatic carbocycles. The van der Waals surface area contributed by atoms with Crippen molar-refractivity contribution in [1.82, 2.24) is 15.3 Å². The van der Waals surface area contributed by atoms with Crippen LogP contribution in [0.5, 0.6) is 0 Å². The molecule has 3 rings (SSSR count). The Labute approximate surface area is 115 Å². The average molecular weight is 261 g/mol. The molecule has 104 valence electrons. The van der Waals surface area contributed by atoms with Gasteiger partial charge in [0.1, 0.15) is 18.0 Å². The fraction of sp³-hybridized carbons (Fsp3) is 0.714. The molecule has 5 nitrogen and oxygen atoms in total. The summed E-state index contributed by atoms with van der Waals surface area (Å²) in [6, 6.07) is 2.16. The second-order valence-corrected chi connectivity index (χ2v) is 5.59. The molecular weight excluding hydrogens is 238 g/mol. The van der Waals surface area contributed by atoms with Crippen LogP contribution in [0, 0.1) is 5.92 Å². The Bertz CT molecular complexity index is 416. The molecule has 2 aliphatic heterocycles. The first-order chi connectivity index (χ1) is 9.36. The quantitative estimate of drug-likeness (QED) is 0.880. The molecule has 1 aromatic rings. The van der Waals surface area contributed by atoms with Crippen molar-refractivity contribution in [1.29, 1.82) is 0 Å². The van der Waals surface area contributed by atoms with E-state index in [1.54, 1.807) is 6.33 Å². The van der Waals surface area contributed by atoms with Gasteiger partial charge in [-0.15, -0.1) is 0 Å². The molecule has 3 heterocycles. The zero-order valence-corrected chi connectivity index (χ0v) is 11.7. The predicted octanol–water partition coefficient (Wildman–Crippen LogP) is 1.12. The van der Waals surface area contributed by atoms with Gasteiger partial charge in [-0.1, -0.05) is 0 Å². The Morgan fingerprint density at radius 2 is 1.89 bits per heavy atom. The van der Waals surface area contributed by atoms with E-state index < -0.39 is 0 Å². The molecule has 2 saturated heterocycles. The van der Waals surface area contributed by atoms with Crippen LogP contribution < -0.4 is 15.1 Å². The highest BCUT2D eigenvalue weighted by Crippen LogP contribution is 2.25. The van der Waals surface area contributed by atoms with Crippen LogP contribution in [-0.2, 0) is 0 Å². The Hall–Kier alpha value is -1.36. The summed E-state index contributed by atoms with van der Waals surface area (Å²) in [5.41, 5.74) is 0. The molecule has 1 atom stereocenters. The van der Waals surface area contributed by atoms with Crippen molar-refractivity contribution in [3.8, 4) is 0 Å². The number of nitrogens with zero attached hydrogens (tertiary/aromatic N) is 4. The van der Waals surface area contributed by atoms with Gasteiger partial charge in [-0.3, -0.25) is 0 Å². The number of hydrogen-bond donors (Lipinski definition) is 1. The predicted molar refractivity (Wildman–Crippen MR) is 77.7 cm³/mol. The Morgan fingerprint density at radius 3 is 2.63 bits per heavy atom. The summed E-state index contributed by atoms with van der Waals surface area (Å²) in [4.78, 5) is 13.6. The van der Waals surface area contributed by atoms with E-state index in [1.165, 1.54) is 19.3 Å². The van der Waals surface area contributed by atoms with Gasteiger partial charge in [-0.25, -0.2) is 9.97 Å². The second kappa shape index (κ2) is 5.74. The third-order valence-corrected chi connectivity index (χ3v) is 4.17. The number of anilines is 2. The Kier molecular flexibility index (Phi) is 3.82. The fourth-order valence-corrected chi connectivity index (χ4v) is 3.13. The first kappa shape index (κ1) is 12.7. The molecule has 19 heavy (non-hydrogen) atoms. The van der Waals surface area contributed by atoms with Crippen LogP contribution in [0.2, 0.25) is 0 Å². The van der Waals surface area contributed by atoms with Crippen LogP contribution in [0.1, 0.15) is 19.3 Å². The lowest BCUT2D eigenvalue weighted by atomic mass is 10.1. The van der Waals surface area contributed by atoms with Crippen molar-refractivity contribution in [3.63, 3.8) is 0 Å². The minimum absolute atomic E-state index is 0.746. The molecule has 0 radical (unpaired) electrons. The molecule has 0 saturated carbocycles. The van der Waals surface area contributed by atoms with Crippen molar-refractivity contribution in [2.45, 2.75) is 19.3 Å². The van der Waals surface area contributed by atoms with Crippen molar-refractivity contribution >= 4 is 11.6 Å². The SMILES string of the molecule is CNCC1CCN(c2cc(N3CCCC3)ncn2)C1. The van der Waals surface area contributed by atoms with Crippen LogP contribution in [0.4, 0.5) is 11.6 Å². The second-order valence-electron chi connectivity index (χ2n) is 5.59. The van der Waals surface area contributed by atoms with Crippen molar-refractivity contribution in [2.24, 2.45) is 5.92 Å². The molecule has 2 fully saturated rings. The zero-order valence-electron chi connectivity index (χ0n) is 11.7. The van der Waals surface area contributed by atoms with Crippen molar-refractivity contribution < 1.29 is 0 Å². The average Bonchev–Trinajstić information content (AvgIpc) is 3.11. The molecule has 0 amide bonds. The minimum Gasteiger partial charge on any atom is -0.356 e. The lowest BCUT2D eigenvalue weighted by Gasteiger charge is -2.21. The summed E-state index contributed by atoms with van der Waals surface area (Å²) in [7, 11) is 2.03. The molecule has 0 spiro atoms. The van der Waals surface area contributed by atoms with Crippen LogP contribution in [0.25, 0.3) is 0 Å². The van der Waals surface area contributed by atoms with Gasteiger partial charge in [0.15, 0.2) is 0 Å². The van der Waals surface area contributed by atoms with Gasteiger partial charge in [0, 0.05) is 32.2 Å². The van der Waals surface area contributed by atoms with Gasteiger partial charge in [0.2, 0.25) is 0 Å². The maximum atomic E-state index is 4.46. The lowest BCUT2D eigenvalue weighted by Crippen LogP contribution is -2.25. The van der Waals surface area contributed by atoms with Crippen molar-refractivity contribution in [2.75, 3.05) is 49.6 Å². The van der Waals surface area contributed by atoms with Gasteiger partial charge < -0.3 is 15.1 Å². The monoisotopic (exact) mass is 261 g/mol. The van der Waals surface area contributed by atoms with E-state index in [1.807, 2.05) is 7.05 Å². The van der Waals surface area contributed by atoms with Gasteiger partial charge >= 0.3 is 0 Å². The Balaban J connectivity index is 1.69. The summed E-state index contributed by atoms with van der Waals surface area (Å²) in [5, 5.41) is 3.27. The van der Waals surface area contributed by atoms with Gasteiger partial charge in [-0.2, -0.15) is 0 Å². The van der Waals surface area contributed by atoms with E-state index in [0.717, 1.165) is 50.3 Å². The zero-order chi connectivity index (χ0) is 13.1. The number of nitrogens with one attached hydrogen (secondary N) is 1. The van der Waals surface area contributed by atoms with E-state index in [9.17, 15) is 0 Å². The molecule has 1 aromatic heterocycles. The fourth-order valence-electron chi connectivity index (χ4n) is 3.13. The van der Waals surface area contributed by atoms with Gasteiger partial charge in [0.05, 0.1) is 0 Å². The molecule has 0 aliphatic carbocycles. The highest BCUT2D eigenvalue weighted by Gasteiger charge is 2.23. The van der Waals surface area contributed by atoms with Crippen LogP contribution in [0.3, 0.4) is 0 Å². The maximum absolute atomic E-state index is 4.46. The largest absolute Gasteiger partial charge is 0.356 e. The molecule has 0 bridgehead atoms. The van der Waals surface area contributed by atoms with Gasteiger partial charge in [-0.05, 0) is 38.8 Å². The summed E-state index contributed by atoms with van der Waals surface area (Å²) in [6.45, 7) is 5.60. The topological polar surface area (TPSA) is 44.3 Å². The van der Waals surface area contributed by atoms with E-state index in [-0.39, 0.29) is 0 Å². The third-order valence-electron chi connectivity index (χ3n) is 4.17. The molecule has 5 heteroatoms. The smallest absolute Gasteiger partial charge is 0.134 e. The van der Waals surface area contributed by atoms with E-state index in [2.05, 4.69) is 31.2 Å². The molecular formula is C14H23N5. The summed E-state index contributed by atoms with van der Waals surface area (Å²) in [6.07, 6.45) is 5.54. The standard InChI is InChI=1S/C14H23N5/c1-15-9-12-4-7-19(10-12)14-8-13(16-11-17-14)18-5-2-3-6-18/h8,11-12,15H,2-7,9-10H2,1H3. The summed E-state index contributed by atoms with van der Waals surface area (Å²) >= 11 is 0. The van der Waals surface area contributed by atoms with Gasteiger partial charge in [0.25, 0.3) is 0 Å². The highest BCUT2D eigenvalue weighted by atomic mass is 15.2. The van der Waals surface area contributed by atoms with Crippen molar-refractivity contribution in [3.05, 3.63) is 12.4 Å². The van der Waals surface area contributed by atoms with Crippen LogP contribution in [-0.4, -0.2) is 49.7 Å². The minimum atomic E-state index is 0.746.